The molecule has 1 aromatic carbocycles. The highest BCUT2D eigenvalue weighted by atomic mass is 16.5. The number of para-hydroxylation sites is 1. The van der Waals surface area contributed by atoms with Crippen LogP contribution in [-0.2, 0) is 13.6 Å². The van der Waals surface area contributed by atoms with Crippen molar-refractivity contribution in [1.29, 1.82) is 0 Å². The summed E-state index contributed by atoms with van der Waals surface area (Å²) in [6.45, 7) is 2.77. The molecule has 1 aliphatic rings. The summed E-state index contributed by atoms with van der Waals surface area (Å²) in [7, 11) is 2.00. The van der Waals surface area contributed by atoms with E-state index in [1.165, 1.54) is 0 Å². The van der Waals surface area contributed by atoms with Crippen molar-refractivity contribution in [2.24, 2.45) is 7.05 Å². The molecule has 5 heteroatoms. The van der Waals surface area contributed by atoms with E-state index in [0.29, 0.717) is 13.2 Å². The Kier molecular flexibility index (Phi) is 4.45. The fourth-order valence-corrected chi connectivity index (χ4v) is 2.96. The smallest absolute Gasteiger partial charge is 0.119 e. The molecule has 1 aliphatic heterocycles. The van der Waals surface area contributed by atoms with Gasteiger partial charge in [-0.1, -0.05) is 18.2 Å². The topological polar surface area (TPSA) is 50.5 Å². The summed E-state index contributed by atoms with van der Waals surface area (Å²) in [5.41, 5.74) is 0.375. The number of aliphatic hydroxyl groups is 1. The minimum atomic E-state index is -0.785. The van der Waals surface area contributed by atoms with Gasteiger partial charge in [0.2, 0.25) is 0 Å². The molecular weight excluding hydrogens is 278 g/mol. The number of rotatable bonds is 5. The zero-order valence-corrected chi connectivity index (χ0v) is 13.0. The van der Waals surface area contributed by atoms with Gasteiger partial charge in [0.15, 0.2) is 0 Å². The molecule has 22 heavy (non-hydrogen) atoms. The third kappa shape index (κ3) is 3.67. The Hall–Kier alpha value is -1.85. The quantitative estimate of drug-likeness (QED) is 0.915. The number of benzene rings is 1. The molecule has 5 nitrogen and oxygen atoms in total. The Morgan fingerprint density at radius 3 is 2.86 bits per heavy atom. The average Bonchev–Trinajstić information content (AvgIpc) is 2.92. The zero-order chi connectivity index (χ0) is 15.4. The largest absolute Gasteiger partial charge is 0.491 e. The van der Waals surface area contributed by atoms with Gasteiger partial charge in [0.05, 0.1) is 12.0 Å². The Labute approximate surface area is 131 Å². The van der Waals surface area contributed by atoms with Gasteiger partial charge in [0.25, 0.3) is 0 Å². The number of aromatic nitrogens is 2. The summed E-state index contributed by atoms with van der Waals surface area (Å²) >= 11 is 0. The lowest BCUT2D eigenvalue weighted by atomic mass is 9.93. The van der Waals surface area contributed by atoms with Crippen LogP contribution in [0.3, 0.4) is 0 Å². The predicted octanol–water partition coefficient (Wildman–Crippen LogP) is 1.83. The monoisotopic (exact) mass is 301 g/mol. The first-order chi connectivity index (χ1) is 10.6. The van der Waals surface area contributed by atoms with Crippen LogP contribution < -0.4 is 4.74 Å². The van der Waals surface area contributed by atoms with Crippen LogP contribution in [0.1, 0.15) is 18.5 Å². The fourth-order valence-electron chi connectivity index (χ4n) is 2.96. The molecule has 2 aromatic rings. The summed E-state index contributed by atoms with van der Waals surface area (Å²) in [5.74, 6) is 0.805. The van der Waals surface area contributed by atoms with Crippen molar-refractivity contribution >= 4 is 0 Å². The second kappa shape index (κ2) is 6.50. The van der Waals surface area contributed by atoms with E-state index in [4.69, 9.17) is 4.74 Å². The summed E-state index contributed by atoms with van der Waals surface area (Å²) in [4.78, 5) is 6.42. The van der Waals surface area contributed by atoms with Crippen molar-refractivity contribution in [3.05, 3.63) is 48.5 Å². The highest BCUT2D eigenvalue weighted by Gasteiger charge is 2.34. The van der Waals surface area contributed by atoms with Crippen molar-refractivity contribution < 1.29 is 9.84 Å². The molecule has 0 amide bonds. The maximum Gasteiger partial charge on any atom is 0.119 e. The lowest BCUT2D eigenvalue weighted by Gasteiger charge is -2.38. The first-order valence-corrected chi connectivity index (χ1v) is 7.72. The van der Waals surface area contributed by atoms with E-state index in [-0.39, 0.29) is 0 Å². The van der Waals surface area contributed by atoms with Crippen LogP contribution in [0.4, 0.5) is 0 Å². The van der Waals surface area contributed by atoms with Crippen LogP contribution in [-0.4, -0.2) is 44.9 Å². The molecular formula is C17H23N3O2. The van der Waals surface area contributed by atoms with E-state index in [2.05, 4.69) is 9.88 Å². The molecule has 1 atom stereocenters. The van der Waals surface area contributed by atoms with Crippen molar-refractivity contribution in [2.75, 3.05) is 19.7 Å². The molecule has 3 rings (SSSR count). The van der Waals surface area contributed by atoms with Gasteiger partial charge in [-0.25, -0.2) is 4.98 Å². The maximum absolute atomic E-state index is 10.8. The number of likely N-dealkylation sites (tertiary alicyclic amines) is 1. The van der Waals surface area contributed by atoms with Gasteiger partial charge < -0.3 is 14.4 Å². The minimum Gasteiger partial charge on any atom is -0.491 e. The second-order valence-corrected chi connectivity index (χ2v) is 6.14. The molecule has 0 spiro atoms. The summed E-state index contributed by atoms with van der Waals surface area (Å²) in [6, 6.07) is 9.67. The van der Waals surface area contributed by atoms with Crippen LogP contribution in [0.5, 0.6) is 5.75 Å². The van der Waals surface area contributed by atoms with Crippen LogP contribution >= 0.6 is 0 Å². The number of ether oxygens (including phenoxy) is 1. The van der Waals surface area contributed by atoms with Gasteiger partial charge in [-0.15, -0.1) is 0 Å². The highest BCUT2D eigenvalue weighted by Crippen LogP contribution is 2.24. The van der Waals surface area contributed by atoms with Gasteiger partial charge >= 0.3 is 0 Å². The van der Waals surface area contributed by atoms with Crippen LogP contribution in [0.25, 0.3) is 0 Å². The van der Waals surface area contributed by atoms with Gasteiger partial charge in [-0.05, 0) is 31.5 Å². The van der Waals surface area contributed by atoms with E-state index in [1.807, 2.05) is 54.5 Å². The standard InChI is InChI=1S/C17H23N3O2/c1-19-14-18-10-15(19)11-20-9-5-8-17(21,12-20)13-22-16-6-3-2-4-7-16/h2-4,6-7,10,14,21H,5,8-9,11-13H2,1H3. The molecule has 1 saturated heterocycles. The molecule has 118 valence electrons. The Bertz CT molecular complexity index is 599. The number of hydrogen-bond donors (Lipinski definition) is 1. The Morgan fingerprint density at radius 1 is 1.32 bits per heavy atom. The van der Waals surface area contributed by atoms with Gasteiger partial charge in [0.1, 0.15) is 18.0 Å². The lowest BCUT2D eigenvalue weighted by molar-refractivity contribution is -0.0624. The normalized spacial score (nSPS) is 22.6. The first kappa shape index (κ1) is 15.1. The van der Waals surface area contributed by atoms with E-state index in [9.17, 15) is 5.11 Å². The number of piperidine rings is 1. The van der Waals surface area contributed by atoms with Crippen LogP contribution in [0.15, 0.2) is 42.9 Å². The maximum atomic E-state index is 10.8. The molecule has 1 aromatic heterocycles. The third-order valence-electron chi connectivity index (χ3n) is 4.19. The van der Waals surface area contributed by atoms with E-state index in [0.717, 1.165) is 37.4 Å². The molecule has 1 N–H and O–H groups in total. The number of aryl methyl sites for hydroxylation is 1. The SMILES string of the molecule is Cn1cncc1CN1CCCC(O)(COc2ccccc2)C1. The van der Waals surface area contributed by atoms with Crippen LogP contribution in [0, 0.1) is 0 Å². The molecule has 1 fully saturated rings. The Balaban J connectivity index is 1.58. The summed E-state index contributed by atoms with van der Waals surface area (Å²) in [6.07, 6.45) is 5.45. The van der Waals surface area contributed by atoms with Gasteiger partial charge in [0, 0.05) is 26.3 Å². The number of imidazole rings is 1. The van der Waals surface area contributed by atoms with Gasteiger partial charge in [-0.3, -0.25) is 4.90 Å². The van der Waals surface area contributed by atoms with Crippen molar-refractivity contribution in [2.45, 2.75) is 25.0 Å². The average molecular weight is 301 g/mol. The number of nitrogens with zero attached hydrogens (tertiary/aromatic N) is 3. The third-order valence-corrected chi connectivity index (χ3v) is 4.19. The first-order valence-electron chi connectivity index (χ1n) is 7.72. The molecule has 0 aliphatic carbocycles. The molecule has 0 bridgehead atoms. The Morgan fingerprint density at radius 2 is 2.14 bits per heavy atom. The molecule has 0 radical (unpaired) electrons. The summed E-state index contributed by atoms with van der Waals surface area (Å²) < 4.78 is 7.78. The molecule has 1 unspecified atom stereocenters. The van der Waals surface area contributed by atoms with Crippen LogP contribution in [0.2, 0.25) is 0 Å². The molecule has 0 saturated carbocycles. The lowest BCUT2D eigenvalue weighted by Crippen LogP contribution is -2.51. The number of β-amino-alcohol motifs (C(OH)–C–C–N with tert-alkyl or cyclic N) is 1. The number of hydrogen-bond acceptors (Lipinski definition) is 4. The van der Waals surface area contributed by atoms with E-state index >= 15 is 0 Å². The van der Waals surface area contributed by atoms with E-state index < -0.39 is 5.60 Å². The van der Waals surface area contributed by atoms with Crippen molar-refractivity contribution in [3.63, 3.8) is 0 Å². The predicted molar refractivity (Wildman–Crippen MR) is 84.6 cm³/mol. The van der Waals surface area contributed by atoms with Crippen molar-refractivity contribution in [3.8, 4) is 5.75 Å². The van der Waals surface area contributed by atoms with Gasteiger partial charge in [-0.2, -0.15) is 0 Å². The summed E-state index contributed by atoms with van der Waals surface area (Å²) in [5, 5.41) is 10.8. The fraction of sp³-hybridized carbons (Fsp3) is 0.471. The molecule has 2 heterocycles. The second-order valence-electron chi connectivity index (χ2n) is 6.14. The van der Waals surface area contributed by atoms with E-state index in [1.54, 1.807) is 0 Å². The zero-order valence-electron chi connectivity index (χ0n) is 13.0. The minimum absolute atomic E-state index is 0.332. The van der Waals surface area contributed by atoms with Crippen molar-refractivity contribution in [1.82, 2.24) is 14.5 Å². The highest BCUT2D eigenvalue weighted by molar-refractivity contribution is 5.21.